The molecule has 0 saturated heterocycles. The van der Waals surface area contributed by atoms with E-state index in [1.54, 1.807) is 6.21 Å². The first-order valence-electron chi connectivity index (χ1n) is 4.32. The van der Waals surface area contributed by atoms with Crippen molar-refractivity contribution in [3.05, 3.63) is 23.5 Å². The van der Waals surface area contributed by atoms with Gasteiger partial charge in [-0.2, -0.15) is 0 Å². The monoisotopic (exact) mass is 178 g/mol. The second kappa shape index (κ2) is 5.46. The van der Waals surface area contributed by atoms with Crippen LogP contribution < -0.4 is 0 Å². The molecule has 72 valence electrons. The predicted molar refractivity (Wildman–Crippen MR) is 60.5 cm³/mol. The van der Waals surface area contributed by atoms with Gasteiger partial charge in [0.05, 0.1) is 0 Å². The molecular weight excluding hydrogens is 160 g/mol. The van der Waals surface area contributed by atoms with Crippen molar-refractivity contribution in [1.82, 2.24) is 0 Å². The first-order chi connectivity index (χ1) is 5.93. The first-order valence-corrected chi connectivity index (χ1v) is 4.32. The quantitative estimate of drug-likeness (QED) is 0.592. The third kappa shape index (κ3) is 6.02. The van der Waals surface area contributed by atoms with Gasteiger partial charge >= 0.3 is 0 Å². The van der Waals surface area contributed by atoms with Crippen molar-refractivity contribution in [2.75, 3.05) is 0 Å². The van der Waals surface area contributed by atoms with Gasteiger partial charge in [0, 0.05) is 11.9 Å². The fraction of sp³-hybridized carbons (Fsp3) is 0.455. The normalized spacial score (nSPS) is 9.92. The fourth-order valence-electron chi connectivity index (χ4n) is 0.653. The zero-order chi connectivity index (χ0) is 10.4. The molecule has 0 aromatic rings. The number of rotatable bonds is 3. The number of aliphatic imine (C=N–C) groups is 2. The van der Waals surface area contributed by atoms with Crippen LogP contribution in [0, 0.1) is 0 Å². The Morgan fingerprint density at radius 3 is 1.92 bits per heavy atom. The van der Waals surface area contributed by atoms with Crippen LogP contribution in [0.4, 0.5) is 0 Å². The van der Waals surface area contributed by atoms with Gasteiger partial charge in [-0.1, -0.05) is 6.58 Å². The van der Waals surface area contributed by atoms with Gasteiger partial charge in [0.1, 0.15) is 5.82 Å². The molecule has 2 heteroatoms. The summed E-state index contributed by atoms with van der Waals surface area (Å²) >= 11 is 0. The summed E-state index contributed by atoms with van der Waals surface area (Å²) in [6, 6.07) is 0. The van der Waals surface area contributed by atoms with E-state index in [9.17, 15) is 0 Å². The lowest BCUT2D eigenvalue weighted by Crippen LogP contribution is -1.86. The lowest BCUT2D eigenvalue weighted by Gasteiger charge is -1.98. The Morgan fingerprint density at radius 2 is 1.62 bits per heavy atom. The van der Waals surface area contributed by atoms with Gasteiger partial charge in [-0.25, -0.2) is 9.98 Å². The topological polar surface area (TPSA) is 24.7 Å². The summed E-state index contributed by atoms with van der Waals surface area (Å²) in [5, 5.41) is 0. The van der Waals surface area contributed by atoms with Gasteiger partial charge in [-0.15, -0.1) is 0 Å². The highest BCUT2D eigenvalue weighted by molar-refractivity contribution is 5.81. The van der Waals surface area contributed by atoms with E-state index in [4.69, 9.17) is 0 Å². The standard InChI is InChI=1S/C11H18N2/c1-8(2)7-12-11(9(3)4)13-10(5)6/h7H,1H2,2-6H3. The van der Waals surface area contributed by atoms with E-state index in [1.165, 1.54) is 0 Å². The Hall–Kier alpha value is -1.18. The van der Waals surface area contributed by atoms with Crippen molar-refractivity contribution in [3.63, 3.8) is 0 Å². The van der Waals surface area contributed by atoms with Gasteiger partial charge in [-0.05, 0) is 45.8 Å². The highest BCUT2D eigenvalue weighted by Gasteiger charge is 1.92. The second-order valence-electron chi connectivity index (χ2n) is 3.49. The fourth-order valence-corrected chi connectivity index (χ4v) is 0.653. The maximum absolute atomic E-state index is 4.31. The van der Waals surface area contributed by atoms with Crippen LogP contribution in [-0.4, -0.2) is 11.9 Å². The number of nitrogens with zero attached hydrogens (tertiary/aromatic N) is 2. The Morgan fingerprint density at radius 1 is 1.08 bits per heavy atom. The molecule has 0 amide bonds. The molecule has 0 spiro atoms. The Kier molecular flexibility index (Phi) is 4.97. The minimum atomic E-state index is 0.781. The van der Waals surface area contributed by atoms with Crippen LogP contribution in [-0.2, 0) is 0 Å². The maximum Gasteiger partial charge on any atom is 0.150 e. The minimum absolute atomic E-state index is 0.781. The molecule has 0 aliphatic carbocycles. The van der Waals surface area contributed by atoms with Crippen LogP contribution in [0.2, 0.25) is 0 Å². The average molecular weight is 178 g/mol. The van der Waals surface area contributed by atoms with E-state index in [0.717, 1.165) is 22.7 Å². The van der Waals surface area contributed by atoms with Crippen LogP contribution in [0.5, 0.6) is 0 Å². The molecule has 0 fully saturated rings. The zero-order valence-electron chi connectivity index (χ0n) is 9.18. The molecule has 0 unspecified atom stereocenters. The summed E-state index contributed by atoms with van der Waals surface area (Å²) in [7, 11) is 0. The van der Waals surface area contributed by atoms with Gasteiger partial charge in [-0.3, -0.25) is 0 Å². The van der Waals surface area contributed by atoms with Gasteiger partial charge in [0.25, 0.3) is 0 Å². The van der Waals surface area contributed by atoms with Crippen molar-refractivity contribution in [2.24, 2.45) is 9.98 Å². The van der Waals surface area contributed by atoms with E-state index in [0.29, 0.717) is 0 Å². The molecule has 0 saturated carbocycles. The van der Waals surface area contributed by atoms with Crippen molar-refractivity contribution in [3.8, 4) is 0 Å². The summed E-state index contributed by atoms with van der Waals surface area (Å²) in [5.41, 5.74) is 3.05. The largest absolute Gasteiger partial charge is 0.239 e. The van der Waals surface area contributed by atoms with E-state index in [1.807, 2.05) is 34.6 Å². The van der Waals surface area contributed by atoms with Crippen molar-refractivity contribution in [1.29, 1.82) is 0 Å². The van der Waals surface area contributed by atoms with E-state index < -0.39 is 0 Å². The summed E-state index contributed by atoms with van der Waals surface area (Å²) in [4.78, 5) is 8.54. The highest BCUT2D eigenvalue weighted by atomic mass is 15.0. The van der Waals surface area contributed by atoms with Gasteiger partial charge in [0.2, 0.25) is 0 Å². The second-order valence-corrected chi connectivity index (χ2v) is 3.49. The third-order valence-electron chi connectivity index (χ3n) is 1.18. The molecule has 2 nitrogen and oxygen atoms in total. The molecule has 0 aliphatic rings. The number of hydrogen-bond acceptors (Lipinski definition) is 2. The minimum Gasteiger partial charge on any atom is -0.239 e. The molecule has 0 radical (unpaired) electrons. The smallest absolute Gasteiger partial charge is 0.150 e. The summed E-state index contributed by atoms with van der Waals surface area (Å²) in [5.74, 6) is 0.781. The lowest BCUT2D eigenvalue weighted by molar-refractivity contribution is 1.14. The van der Waals surface area contributed by atoms with Crippen LogP contribution in [0.1, 0.15) is 34.6 Å². The number of hydrogen-bond donors (Lipinski definition) is 0. The summed E-state index contributed by atoms with van der Waals surface area (Å²) in [6.45, 7) is 13.6. The molecule has 13 heavy (non-hydrogen) atoms. The Balaban J connectivity index is 4.78. The zero-order valence-corrected chi connectivity index (χ0v) is 9.18. The van der Waals surface area contributed by atoms with Crippen LogP contribution >= 0.6 is 0 Å². The van der Waals surface area contributed by atoms with Crippen molar-refractivity contribution >= 4 is 11.9 Å². The van der Waals surface area contributed by atoms with Crippen molar-refractivity contribution < 1.29 is 0 Å². The molecule has 0 atom stereocenters. The van der Waals surface area contributed by atoms with E-state index in [2.05, 4.69) is 16.6 Å². The average Bonchev–Trinajstić information content (AvgIpc) is 1.96. The molecule has 0 aliphatic heterocycles. The summed E-state index contributed by atoms with van der Waals surface area (Å²) in [6.07, 6.45) is 1.73. The molecule has 0 heterocycles. The van der Waals surface area contributed by atoms with E-state index >= 15 is 0 Å². The van der Waals surface area contributed by atoms with Gasteiger partial charge < -0.3 is 0 Å². The Bertz CT molecular complexity index is 272. The molecular formula is C11H18N2. The molecule has 0 N–H and O–H groups in total. The summed E-state index contributed by atoms with van der Waals surface area (Å²) < 4.78 is 0. The predicted octanol–water partition coefficient (Wildman–Crippen LogP) is 3.37. The highest BCUT2D eigenvalue weighted by Crippen LogP contribution is 2.07. The van der Waals surface area contributed by atoms with Gasteiger partial charge in [0.15, 0.2) is 0 Å². The first kappa shape index (κ1) is 11.8. The molecule has 0 aromatic heterocycles. The van der Waals surface area contributed by atoms with Crippen LogP contribution in [0.3, 0.4) is 0 Å². The lowest BCUT2D eigenvalue weighted by atomic mass is 10.3. The Labute approximate surface area is 80.8 Å². The van der Waals surface area contributed by atoms with Crippen LogP contribution in [0.15, 0.2) is 33.5 Å². The number of allylic oxidation sites excluding steroid dienone is 2. The van der Waals surface area contributed by atoms with Crippen LogP contribution in [0.25, 0.3) is 0 Å². The maximum atomic E-state index is 4.31. The molecule has 0 aromatic carbocycles. The SMILES string of the molecule is C=C(C)C=NC(N=C(C)C)=C(C)C. The third-order valence-corrected chi connectivity index (χ3v) is 1.18. The van der Waals surface area contributed by atoms with Crippen molar-refractivity contribution in [2.45, 2.75) is 34.6 Å². The van der Waals surface area contributed by atoms with E-state index in [-0.39, 0.29) is 0 Å². The molecule has 0 rings (SSSR count). The molecule has 0 bridgehead atoms.